The third kappa shape index (κ3) is 2.61. The second-order valence-electron chi connectivity index (χ2n) is 4.50. The van der Waals surface area contributed by atoms with Crippen LogP contribution in [0.15, 0.2) is 23.1 Å². The quantitative estimate of drug-likeness (QED) is 0.734. The van der Waals surface area contributed by atoms with E-state index in [-0.39, 0.29) is 29.1 Å². The summed E-state index contributed by atoms with van der Waals surface area (Å²) >= 11 is 0. The van der Waals surface area contributed by atoms with Crippen LogP contribution in [0.4, 0.5) is 24.5 Å². The molecule has 0 aromatic heterocycles. The molecule has 0 amide bonds. The average molecular weight is 295 g/mol. The van der Waals surface area contributed by atoms with Crippen molar-refractivity contribution in [2.45, 2.75) is 29.5 Å². The van der Waals surface area contributed by atoms with E-state index < -0.39 is 21.7 Å². The molecule has 2 rings (SSSR count). The molecule has 106 valence electrons. The maximum Gasteiger partial charge on any atom is 0.411 e. The molecule has 0 bridgehead atoms. The van der Waals surface area contributed by atoms with E-state index in [1.54, 1.807) is 0 Å². The molecule has 0 aliphatic heterocycles. The first-order valence-electron chi connectivity index (χ1n) is 5.32. The Labute approximate surface area is 107 Å². The third-order valence-corrected chi connectivity index (χ3v) is 3.93. The standard InChI is InChI=1S/C10H12F3N3O2S/c11-10(12,13)9(3-4-9)16-8-2-1-6(5-7(8)14)19(15,17)18/h1-2,5,16H,3-4,14H2,(H2,15,17,18). The molecule has 19 heavy (non-hydrogen) atoms. The average Bonchev–Trinajstić information content (AvgIpc) is 2.99. The maximum absolute atomic E-state index is 12.8. The van der Waals surface area contributed by atoms with E-state index in [1.165, 1.54) is 6.07 Å². The first-order chi connectivity index (χ1) is 8.55. The van der Waals surface area contributed by atoms with Crippen molar-refractivity contribution < 1.29 is 21.6 Å². The minimum atomic E-state index is -4.38. The second-order valence-corrected chi connectivity index (χ2v) is 6.06. The Hall–Kier alpha value is -1.48. The van der Waals surface area contributed by atoms with E-state index >= 15 is 0 Å². The van der Waals surface area contributed by atoms with Crippen molar-refractivity contribution in [2.75, 3.05) is 11.1 Å². The van der Waals surface area contributed by atoms with Crippen LogP contribution in [-0.2, 0) is 10.0 Å². The summed E-state index contributed by atoms with van der Waals surface area (Å²) in [6.45, 7) is 0. The summed E-state index contributed by atoms with van der Waals surface area (Å²) in [4.78, 5) is -0.243. The normalized spacial score (nSPS) is 18.1. The summed E-state index contributed by atoms with van der Waals surface area (Å²) in [7, 11) is -3.93. The fourth-order valence-corrected chi connectivity index (χ4v) is 2.24. The minimum Gasteiger partial charge on any atom is -0.397 e. The Morgan fingerprint density at radius 3 is 2.21 bits per heavy atom. The Kier molecular flexibility index (Phi) is 2.94. The van der Waals surface area contributed by atoms with Crippen LogP contribution in [0.3, 0.4) is 0 Å². The molecule has 1 aliphatic carbocycles. The SMILES string of the molecule is Nc1cc(S(N)(=O)=O)ccc1NC1(C(F)(F)F)CC1. The van der Waals surface area contributed by atoms with Crippen LogP contribution in [0.5, 0.6) is 0 Å². The van der Waals surface area contributed by atoms with Crippen LogP contribution in [0, 0.1) is 0 Å². The van der Waals surface area contributed by atoms with Gasteiger partial charge in [-0.1, -0.05) is 0 Å². The largest absolute Gasteiger partial charge is 0.411 e. The van der Waals surface area contributed by atoms with Crippen LogP contribution in [0.2, 0.25) is 0 Å². The number of alkyl halides is 3. The van der Waals surface area contributed by atoms with Crippen molar-refractivity contribution in [3.63, 3.8) is 0 Å². The Bertz CT molecular complexity index is 609. The van der Waals surface area contributed by atoms with Gasteiger partial charge in [-0.3, -0.25) is 0 Å². The van der Waals surface area contributed by atoms with Gasteiger partial charge in [0.2, 0.25) is 10.0 Å². The van der Waals surface area contributed by atoms with Crippen LogP contribution in [0.1, 0.15) is 12.8 Å². The van der Waals surface area contributed by atoms with Crippen LogP contribution < -0.4 is 16.2 Å². The van der Waals surface area contributed by atoms with Gasteiger partial charge in [0.25, 0.3) is 0 Å². The van der Waals surface area contributed by atoms with Gasteiger partial charge in [0.15, 0.2) is 0 Å². The number of sulfonamides is 1. The Balaban J connectivity index is 2.29. The highest BCUT2D eigenvalue weighted by molar-refractivity contribution is 7.89. The zero-order valence-electron chi connectivity index (χ0n) is 9.66. The van der Waals surface area contributed by atoms with E-state index in [0.29, 0.717) is 0 Å². The number of rotatable bonds is 3. The molecule has 0 radical (unpaired) electrons. The number of primary sulfonamides is 1. The molecule has 1 aromatic rings. The van der Waals surface area contributed by atoms with E-state index in [2.05, 4.69) is 5.32 Å². The summed E-state index contributed by atoms with van der Waals surface area (Å²) in [6.07, 6.45) is -4.45. The van der Waals surface area contributed by atoms with Crippen molar-refractivity contribution in [1.29, 1.82) is 0 Å². The molecule has 1 aromatic carbocycles. The third-order valence-electron chi connectivity index (χ3n) is 3.02. The number of anilines is 2. The Morgan fingerprint density at radius 2 is 1.84 bits per heavy atom. The lowest BCUT2D eigenvalue weighted by molar-refractivity contribution is -0.151. The van der Waals surface area contributed by atoms with Crippen LogP contribution in [-0.4, -0.2) is 20.1 Å². The number of nitrogens with one attached hydrogen (secondary N) is 1. The molecule has 0 spiro atoms. The lowest BCUT2D eigenvalue weighted by Gasteiger charge is -2.23. The van der Waals surface area contributed by atoms with Crippen LogP contribution >= 0.6 is 0 Å². The zero-order valence-corrected chi connectivity index (χ0v) is 10.5. The number of benzene rings is 1. The maximum atomic E-state index is 12.8. The molecule has 9 heteroatoms. The minimum absolute atomic E-state index is 0.0348. The fraction of sp³-hybridized carbons (Fsp3) is 0.400. The van der Waals surface area contributed by atoms with Gasteiger partial charge < -0.3 is 11.1 Å². The molecular formula is C10H12F3N3O2S. The molecule has 1 saturated carbocycles. The van der Waals surface area contributed by atoms with Crippen molar-refractivity contribution in [3.05, 3.63) is 18.2 Å². The van der Waals surface area contributed by atoms with E-state index in [9.17, 15) is 21.6 Å². The summed E-state index contributed by atoms with van der Waals surface area (Å²) < 4.78 is 60.4. The van der Waals surface area contributed by atoms with Crippen molar-refractivity contribution in [2.24, 2.45) is 5.14 Å². The molecule has 5 nitrogen and oxygen atoms in total. The fourth-order valence-electron chi connectivity index (χ4n) is 1.69. The van der Waals surface area contributed by atoms with Crippen LogP contribution in [0.25, 0.3) is 0 Å². The highest BCUT2D eigenvalue weighted by Crippen LogP contribution is 2.51. The first-order valence-corrected chi connectivity index (χ1v) is 6.87. The summed E-state index contributed by atoms with van der Waals surface area (Å²) in [5.74, 6) is 0. The molecule has 0 heterocycles. The van der Waals surface area contributed by atoms with Gasteiger partial charge in [-0.2, -0.15) is 13.2 Å². The number of hydrogen-bond donors (Lipinski definition) is 3. The number of hydrogen-bond acceptors (Lipinski definition) is 4. The predicted octanol–water partition coefficient (Wildman–Crippen LogP) is 1.42. The number of halogens is 3. The monoisotopic (exact) mass is 295 g/mol. The lowest BCUT2D eigenvalue weighted by Crippen LogP contribution is -2.38. The molecule has 0 atom stereocenters. The Morgan fingerprint density at radius 1 is 1.26 bits per heavy atom. The molecular weight excluding hydrogens is 283 g/mol. The highest BCUT2D eigenvalue weighted by atomic mass is 32.2. The molecule has 1 aliphatic rings. The molecule has 0 saturated heterocycles. The smallest absolute Gasteiger partial charge is 0.397 e. The lowest BCUT2D eigenvalue weighted by atomic mass is 10.2. The van der Waals surface area contributed by atoms with E-state index in [0.717, 1.165) is 12.1 Å². The first kappa shape index (κ1) is 13.9. The molecule has 5 N–H and O–H groups in total. The van der Waals surface area contributed by atoms with Crippen molar-refractivity contribution >= 4 is 21.4 Å². The van der Waals surface area contributed by atoms with Gasteiger partial charge in [0.05, 0.1) is 16.3 Å². The summed E-state index contributed by atoms with van der Waals surface area (Å²) in [5.41, 5.74) is 3.54. The highest BCUT2D eigenvalue weighted by Gasteiger charge is 2.63. The van der Waals surface area contributed by atoms with Gasteiger partial charge in [-0.15, -0.1) is 0 Å². The second kappa shape index (κ2) is 4.01. The predicted molar refractivity (Wildman–Crippen MR) is 63.9 cm³/mol. The van der Waals surface area contributed by atoms with Crippen molar-refractivity contribution in [1.82, 2.24) is 0 Å². The summed E-state index contributed by atoms with van der Waals surface area (Å²) in [5, 5.41) is 7.23. The summed E-state index contributed by atoms with van der Waals surface area (Å²) in [6, 6.07) is 3.32. The van der Waals surface area contributed by atoms with E-state index in [4.69, 9.17) is 10.9 Å². The topological polar surface area (TPSA) is 98.2 Å². The van der Waals surface area contributed by atoms with E-state index in [1.807, 2.05) is 0 Å². The zero-order chi connectivity index (χ0) is 14.5. The van der Waals surface area contributed by atoms with Crippen molar-refractivity contribution in [3.8, 4) is 0 Å². The van der Waals surface area contributed by atoms with Gasteiger partial charge in [0, 0.05) is 0 Å². The molecule has 1 fully saturated rings. The van der Waals surface area contributed by atoms with Gasteiger partial charge in [-0.25, -0.2) is 13.6 Å². The van der Waals surface area contributed by atoms with Gasteiger partial charge in [0.1, 0.15) is 5.54 Å². The van der Waals surface area contributed by atoms with Gasteiger partial charge in [-0.05, 0) is 31.0 Å². The molecule has 0 unspecified atom stereocenters. The number of nitrogen functional groups attached to an aromatic ring is 1. The number of nitrogens with two attached hydrogens (primary N) is 2. The van der Waals surface area contributed by atoms with Gasteiger partial charge >= 0.3 is 6.18 Å².